The first kappa shape index (κ1) is 14.9. The van der Waals surface area contributed by atoms with Gasteiger partial charge in [-0.3, -0.25) is 14.6 Å². The second-order valence-corrected chi connectivity index (χ2v) is 6.88. The molecular weight excluding hydrogens is 284 g/mol. The van der Waals surface area contributed by atoms with E-state index in [-0.39, 0.29) is 5.91 Å². The Balaban J connectivity index is 1.73. The van der Waals surface area contributed by atoms with E-state index in [0.29, 0.717) is 18.6 Å². The molecule has 6 heteroatoms. The van der Waals surface area contributed by atoms with Crippen molar-refractivity contribution >= 4 is 17.2 Å². The number of carbonyl (C=O) groups is 1. The van der Waals surface area contributed by atoms with E-state index in [1.54, 1.807) is 11.3 Å². The van der Waals surface area contributed by atoms with E-state index in [9.17, 15) is 4.79 Å². The van der Waals surface area contributed by atoms with Crippen LogP contribution < -0.4 is 5.73 Å². The van der Waals surface area contributed by atoms with Crippen LogP contribution in [-0.4, -0.2) is 52.4 Å². The number of likely N-dealkylation sites (tertiary alicyclic amines) is 2. The molecule has 2 fully saturated rings. The second-order valence-electron chi connectivity index (χ2n) is 6.16. The van der Waals surface area contributed by atoms with Crippen molar-refractivity contribution in [1.82, 2.24) is 14.8 Å². The lowest BCUT2D eigenvalue weighted by atomic mass is 9.92. The van der Waals surface area contributed by atoms with Gasteiger partial charge in [-0.2, -0.15) is 0 Å². The molecular formula is C15H24N4OS. The van der Waals surface area contributed by atoms with Crippen LogP contribution >= 0.6 is 11.3 Å². The van der Waals surface area contributed by atoms with Crippen LogP contribution in [0.1, 0.15) is 37.8 Å². The molecule has 0 aliphatic carbocycles. The normalized spacial score (nSPS) is 28.0. The lowest BCUT2D eigenvalue weighted by molar-refractivity contribution is -0.120. The summed E-state index contributed by atoms with van der Waals surface area (Å²) >= 11 is 1.66. The fourth-order valence-corrected chi connectivity index (χ4v) is 4.41. The minimum Gasteiger partial charge on any atom is -0.369 e. The summed E-state index contributed by atoms with van der Waals surface area (Å²) in [7, 11) is 0. The number of carbonyl (C=O) groups excluding carboxylic acids is 1. The van der Waals surface area contributed by atoms with Crippen molar-refractivity contribution < 1.29 is 4.79 Å². The van der Waals surface area contributed by atoms with Crippen LogP contribution in [0.2, 0.25) is 0 Å². The van der Waals surface area contributed by atoms with Crippen molar-refractivity contribution in [3.05, 3.63) is 16.6 Å². The van der Waals surface area contributed by atoms with E-state index >= 15 is 0 Å². The minimum atomic E-state index is -0.202. The van der Waals surface area contributed by atoms with Crippen LogP contribution in [0, 0.1) is 0 Å². The van der Waals surface area contributed by atoms with E-state index in [1.807, 2.05) is 5.51 Å². The highest BCUT2D eigenvalue weighted by Gasteiger charge is 2.36. The number of rotatable bonds is 4. The molecule has 1 aromatic rings. The molecule has 0 saturated carbocycles. The number of fused-ring (bicyclic) bond motifs is 1. The van der Waals surface area contributed by atoms with E-state index in [2.05, 4.69) is 20.2 Å². The van der Waals surface area contributed by atoms with Crippen molar-refractivity contribution in [2.75, 3.05) is 19.6 Å². The van der Waals surface area contributed by atoms with Crippen molar-refractivity contribution in [3.8, 4) is 0 Å². The van der Waals surface area contributed by atoms with Gasteiger partial charge in [0, 0.05) is 24.0 Å². The van der Waals surface area contributed by atoms with E-state index in [4.69, 9.17) is 5.73 Å². The molecule has 3 heterocycles. The topological polar surface area (TPSA) is 62.5 Å². The Bertz CT molecular complexity index is 464. The zero-order valence-corrected chi connectivity index (χ0v) is 13.2. The summed E-state index contributed by atoms with van der Waals surface area (Å²) in [6, 6.07) is 1.02. The third-order valence-corrected chi connectivity index (χ3v) is 5.37. The van der Waals surface area contributed by atoms with Gasteiger partial charge >= 0.3 is 0 Å². The number of nitrogens with two attached hydrogens (primary N) is 1. The Morgan fingerprint density at radius 1 is 1.24 bits per heavy atom. The molecule has 0 aromatic carbocycles. The van der Waals surface area contributed by atoms with Crippen LogP contribution in [0.4, 0.5) is 0 Å². The highest BCUT2D eigenvalue weighted by molar-refractivity contribution is 7.07. The standard InChI is InChI=1S/C15H24N4OS/c16-15(20)9-19-6-2-1-4-13-14(19)5-3-7-18(13)8-12-10-21-11-17-12/h10-11,13-14H,1-9H2,(H2,16,20)/t13-,14-/m1/s1. The molecule has 5 nitrogen and oxygen atoms in total. The van der Waals surface area contributed by atoms with Crippen LogP contribution in [0.3, 0.4) is 0 Å². The van der Waals surface area contributed by atoms with Crippen LogP contribution in [0.15, 0.2) is 10.9 Å². The third-order valence-electron chi connectivity index (χ3n) is 4.73. The number of thiazole rings is 1. The number of amides is 1. The van der Waals surface area contributed by atoms with Gasteiger partial charge in [-0.05, 0) is 38.8 Å². The molecule has 2 N–H and O–H groups in total. The predicted molar refractivity (Wildman–Crippen MR) is 84.0 cm³/mol. The summed E-state index contributed by atoms with van der Waals surface area (Å²) in [6.07, 6.45) is 6.02. The Morgan fingerprint density at radius 2 is 2.00 bits per heavy atom. The summed E-state index contributed by atoms with van der Waals surface area (Å²) in [5.74, 6) is -0.202. The molecule has 2 aliphatic rings. The lowest BCUT2D eigenvalue weighted by Gasteiger charge is -2.44. The summed E-state index contributed by atoms with van der Waals surface area (Å²) in [6.45, 7) is 3.50. The maximum Gasteiger partial charge on any atom is 0.231 e. The Morgan fingerprint density at radius 3 is 2.76 bits per heavy atom. The van der Waals surface area contributed by atoms with Crippen molar-refractivity contribution in [3.63, 3.8) is 0 Å². The number of piperidine rings is 1. The highest BCUT2D eigenvalue weighted by atomic mass is 32.1. The van der Waals surface area contributed by atoms with Gasteiger partial charge in [0.2, 0.25) is 5.91 Å². The van der Waals surface area contributed by atoms with Gasteiger partial charge in [-0.25, -0.2) is 4.98 Å². The molecule has 2 saturated heterocycles. The summed E-state index contributed by atoms with van der Waals surface area (Å²) in [4.78, 5) is 20.7. The molecule has 1 amide bonds. The summed E-state index contributed by atoms with van der Waals surface area (Å²) in [5, 5.41) is 2.14. The molecule has 116 valence electrons. The lowest BCUT2D eigenvalue weighted by Crippen LogP contribution is -2.55. The van der Waals surface area contributed by atoms with Gasteiger partial charge in [-0.15, -0.1) is 11.3 Å². The Hall–Kier alpha value is -0.980. The number of nitrogens with zero attached hydrogens (tertiary/aromatic N) is 3. The maximum atomic E-state index is 11.4. The highest BCUT2D eigenvalue weighted by Crippen LogP contribution is 2.30. The first-order chi connectivity index (χ1) is 10.2. The van der Waals surface area contributed by atoms with Crippen molar-refractivity contribution in [2.24, 2.45) is 5.73 Å². The van der Waals surface area contributed by atoms with Crippen molar-refractivity contribution in [2.45, 2.75) is 50.7 Å². The molecule has 2 atom stereocenters. The van der Waals surface area contributed by atoms with Gasteiger partial charge in [0.05, 0.1) is 17.7 Å². The number of hydrogen-bond acceptors (Lipinski definition) is 5. The molecule has 1 aromatic heterocycles. The monoisotopic (exact) mass is 308 g/mol. The van der Waals surface area contributed by atoms with Gasteiger partial charge in [0.15, 0.2) is 0 Å². The molecule has 2 aliphatic heterocycles. The van der Waals surface area contributed by atoms with Crippen molar-refractivity contribution in [1.29, 1.82) is 0 Å². The van der Waals surface area contributed by atoms with Crippen LogP contribution in [-0.2, 0) is 11.3 Å². The third kappa shape index (κ3) is 3.62. The molecule has 3 rings (SSSR count). The number of primary amides is 1. The molecule has 0 spiro atoms. The number of hydrogen-bond donors (Lipinski definition) is 1. The quantitative estimate of drug-likeness (QED) is 0.914. The SMILES string of the molecule is NC(=O)CN1CCCC[C@@H]2[C@H]1CCCN2Cc1cscn1. The molecule has 21 heavy (non-hydrogen) atoms. The minimum absolute atomic E-state index is 0.202. The zero-order chi connectivity index (χ0) is 14.7. The fraction of sp³-hybridized carbons (Fsp3) is 0.733. The second kappa shape index (κ2) is 6.85. The van der Waals surface area contributed by atoms with Gasteiger partial charge < -0.3 is 5.73 Å². The van der Waals surface area contributed by atoms with Gasteiger partial charge in [-0.1, -0.05) is 6.42 Å². The smallest absolute Gasteiger partial charge is 0.231 e. The molecule has 0 bridgehead atoms. The van der Waals surface area contributed by atoms with E-state index in [1.165, 1.54) is 37.8 Å². The number of aromatic nitrogens is 1. The fourth-order valence-electron chi connectivity index (χ4n) is 3.86. The summed E-state index contributed by atoms with van der Waals surface area (Å²) < 4.78 is 0. The average molecular weight is 308 g/mol. The maximum absolute atomic E-state index is 11.4. The van der Waals surface area contributed by atoms with Crippen LogP contribution in [0.5, 0.6) is 0 Å². The van der Waals surface area contributed by atoms with Crippen LogP contribution in [0.25, 0.3) is 0 Å². The average Bonchev–Trinajstić information content (AvgIpc) is 2.87. The Labute approximate surface area is 130 Å². The molecule has 0 unspecified atom stereocenters. The van der Waals surface area contributed by atoms with E-state index < -0.39 is 0 Å². The largest absolute Gasteiger partial charge is 0.369 e. The van der Waals surface area contributed by atoms with E-state index in [0.717, 1.165) is 19.6 Å². The van der Waals surface area contributed by atoms with Gasteiger partial charge in [0.1, 0.15) is 0 Å². The first-order valence-corrected chi connectivity index (χ1v) is 8.82. The molecule has 0 radical (unpaired) electrons. The first-order valence-electron chi connectivity index (χ1n) is 7.87. The predicted octanol–water partition coefficient (Wildman–Crippen LogP) is 1.45. The van der Waals surface area contributed by atoms with Gasteiger partial charge in [0.25, 0.3) is 0 Å². The summed E-state index contributed by atoms with van der Waals surface area (Å²) in [5.41, 5.74) is 8.52. The zero-order valence-electron chi connectivity index (χ0n) is 12.4. The Kier molecular flexibility index (Phi) is 4.87.